The van der Waals surface area contributed by atoms with Gasteiger partial charge in [0.2, 0.25) is 5.91 Å². The predicted molar refractivity (Wildman–Crippen MR) is 92.9 cm³/mol. The highest BCUT2D eigenvalue weighted by atomic mass is 35.5. The Morgan fingerprint density at radius 2 is 2.04 bits per heavy atom. The van der Waals surface area contributed by atoms with Gasteiger partial charge in [0.25, 0.3) is 0 Å². The van der Waals surface area contributed by atoms with Crippen LogP contribution in [0.2, 0.25) is 5.02 Å². The molecule has 2 aromatic rings. The number of piperidine rings is 1. The van der Waals surface area contributed by atoms with Crippen molar-refractivity contribution in [1.82, 2.24) is 9.88 Å². The van der Waals surface area contributed by atoms with Gasteiger partial charge >= 0.3 is 0 Å². The first-order valence-corrected chi connectivity index (χ1v) is 9.08. The van der Waals surface area contributed by atoms with E-state index < -0.39 is 0 Å². The summed E-state index contributed by atoms with van der Waals surface area (Å²) >= 11 is 6.01. The maximum absolute atomic E-state index is 12.6. The topological polar surface area (TPSA) is 72.4 Å². The zero-order valence-corrected chi connectivity index (χ0v) is 14.3. The van der Waals surface area contributed by atoms with Crippen molar-refractivity contribution in [3.63, 3.8) is 0 Å². The molecule has 2 aliphatic rings. The van der Waals surface area contributed by atoms with Gasteiger partial charge in [0.05, 0.1) is 0 Å². The highest BCUT2D eigenvalue weighted by molar-refractivity contribution is 6.31. The van der Waals surface area contributed by atoms with Gasteiger partial charge in [-0.15, -0.1) is 0 Å². The van der Waals surface area contributed by atoms with Gasteiger partial charge in [0.1, 0.15) is 5.52 Å². The summed E-state index contributed by atoms with van der Waals surface area (Å²) in [5.41, 5.74) is 7.51. The van der Waals surface area contributed by atoms with Crippen LogP contribution < -0.4 is 5.73 Å². The van der Waals surface area contributed by atoms with Crippen LogP contribution >= 0.6 is 11.6 Å². The van der Waals surface area contributed by atoms with Crippen molar-refractivity contribution in [2.45, 2.75) is 44.1 Å². The molecule has 1 aromatic carbocycles. The van der Waals surface area contributed by atoms with Gasteiger partial charge in [0, 0.05) is 36.0 Å². The Hall–Kier alpha value is -1.59. The largest absolute Gasteiger partial charge is 0.440 e. The maximum Gasteiger partial charge on any atom is 0.225 e. The van der Waals surface area contributed by atoms with E-state index in [1.165, 1.54) is 0 Å². The molecule has 1 aromatic heterocycles. The van der Waals surface area contributed by atoms with Crippen molar-refractivity contribution in [3.05, 3.63) is 29.1 Å². The molecule has 2 N–H and O–H groups in total. The number of nitrogens with zero attached hydrogens (tertiary/aromatic N) is 2. The molecule has 1 aliphatic carbocycles. The highest BCUT2D eigenvalue weighted by Gasteiger charge is 2.33. The van der Waals surface area contributed by atoms with Crippen molar-refractivity contribution in [1.29, 1.82) is 0 Å². The molecule has 2 unspecified atom stereocenters. The molecule has 1 saturated heterocycles. The second-order valence-electron chi connectivity index (χ2n) is 7.03. The highest BCUT2D eigenvalue weighted by Crippen LogP contribution is 2.33. The van der Waals surface area contributed by atoms with E-state index in [0.29, 0.717) is 5.02 Å². The standard InChI is InChI=1S/C18H22ClN3O2/c19-13-2-4-16-15(10-13)21-17(24-16)11-5-7-22(8-6-11)18(23)12-1-3-14(20)9-12/h2,4,10-12,14H,1,3,5-9,20H2. The van der Waals surface area contributed by atoms with Crippen LogP contribution in [0.25, 0.3) is 11.1 Å². The molecule has 0 bridgehead atoms. The molecule has 1 saturated carbocycles. The van der Waals surface area contributed by atoms with E-state index in [-0.39, 0.29) is 23.8 Å². The second kappa shape index (κ2) is 6.37. The molecule has 1 amide bonds. The average molecular weight is 348 g/mol. The van der Waals surface area contributed by atoms with Crippen molar-refractivity contribution in [2.75, 3.05) is 13.1 Å². The fourth-order valence-corrected chi connectivity index (χ4v) is 4.11. The van der Waals surface area contributed by atoms with Gasteiger partial charge < -0.3 is 15.1 Å². The van der Waals surface area contributed by atoms with Crippen LogP contribution in [0.15, 0.2) is 22.6 Å². The van der Waals surface area contributed by atoms with E-state index in [2.05, 4.69) is 4.98 Å². The van der Waals surface area contributed by atoms with Gasteiger partial charge in [-0.25, -0.2) is 4.98 Å². The first-order valence-electron chi connectivity index (χ1n) is 8.70. The molecule has 1 aliphatic heterocycles. The number of carbonyl (C=O) groups excluding carboxylic acids is 1. The third kappa shape index (κ3) is 3.03. The number of hydrogen-bond donors (Lipinski definition) is 1. The van der Waals surface area contributed by atoms with E-state index in [0.717, 1.165) is 62.2 Å². The fourth-order valence-electron chi connectivity index (χ4n) is 3.94. The molecular weight excluding hydrogens is 326 g/mol. The second-order valence-corrected chi connectivity index (χ2v) is 7.47. The molecular formula is C18H22ClN3O2. The number of fused-ring (bicyclic) bond motifs is 1. The smallest absolute Gasteiger partial charge is 0.225 e. The van der Waals surface area contributed by atoms with Crippen molar-refractivity contribution in [3.8, 4) is 0 Å². The number of nitrogens with two attached hydrogens (primary N) is 1. The van der Waals surface area contributed by atoms with Gasteiger partial charge in [-0.1, -0.05) is 11.6 Å². The molecule has 0 spiro atoms. The molecule has 6 heteroatoms. The molecule has 2 fully saturated rings. The van der Waals surface area contributed by atoms with Crippen LogP contribution in [0.4, 0.5) is 0 Å². The zero-order chi connectivity index (χ0) is 16.7. The Morgan fingerprint density at radius 3 is 2.75 bits per heavy atom. The number of amides is 1. The van der Waals surface area contributed by atoms with E-state index in [1.54, 1.807) is 0 Å². The van der Waals surface area contributed by atoms with Crippen molar-refractivity contribution in [2.24, 2.45) is 11.7 Å². The normalized spacial score (nSPS) is 25.5. The number of carbonyl (C=O) groups is 1. The lowest BCUT2D eigenvalue weighted by molar-refractivity contribution is -0.136. The minimum atomic E-state index is 0.128. The molecule has 24 heavy (non-hydrogen) atoms. The Kier molecular flexibility index (Phi) is 4.22. The van der Waals surface area contributed by atoms with Gasteiger partial charge in [-0.3, -0.25) is 4.79 Å². The van der Waals surface area contributed by atoms with Crippen LogP contribution in [0.3, 0.4) is 0 Å². The molecule has 128 valence electrons. The Labute approximate surface area is 146 Å². The third-order valence-corrected chi connectivity index (χ3v) is 5.58. The summed E-state index contributed by atoms with van der Waals surface area (Å²) in [6.07, 6.45) is 4.53. The molecule has 5 nitrogen and oxygen atoms in total. The minimum absolute atomic E-state index is 0.128. The van der Waals surface area contributed by atoms with E-state index in [4.69, 9.17) is 21.8 Å². The van der Waals surface area contributed by atoms with E-state index >= 15 is 0 Å². The number of halogens is 1. The van der Waals surface area contributed by atoms with E-state index in [9.17, 15) is 4.79 Å². The summed E-state index contributed by atoms with van der Waals surface area (Å²) in [6.45, 7) is 1.55. The minimum Gasteiger partial charge on any atom is -0.440 e. The van der Waals surface area contributed by atoms with Crippen molar-refractivity contribution >= 4 is 28.6 Å². The lowest BCUT2D eigenvalue weighted by Gasteiger charge is -2.32. The lowest BCUT2D eigenvalue weighted by Crippen LogP contribution is -2.41. The average Bonchev–Trinajstić information content (AvgIpc) is 3.20. The van der Waals surface area contributed by atoms with Crippen LogP contribution in [0.5, 0.6) is 0 Å². The molecule has 0 radical (unpaired) electrons. The van der Waals surface area contributed by atoms with Crippen LogP contribution in [-0.2, 0) is 4.79 Å². The predicted octanol–water partition coefficient (Wildman–Crippen LogP) is 3.31. The number of rotatable bonds is 2. The summed E-state index contributed by atoms with van der Waals surface area (Å²) in [7, 11) is 0. The number of likely N-dealkylation sites (tertiary alicyclic amines) is 1. The fraction of sp³-hybridized carbons (Fsp3) is 0.556. The number of oxazole rings is 1. The first kappa shape index (κ1) is 15.9. The van der Waals surface area contributed by atoms with Crippen LogP contribution in [0, 0.1) is 5.92 Å². The van der Waals surface area contributed by atoms with Crippen LogP contribution in [0.1, 0.15) is 43.9 Å². The van der Waals surface area contributed by atoms with Crippen molar-refractivity contribution < 1.29 is 9.21 Å². The molecule has 4 rings (SSSR count). The summed E-state index contributed by atoms with van der Waals surface area (Å²) in [4.78, 5) is 19.2. The quantitative estimate of drug-likeness (QED) is 0.904. The lowest BCUT2D eigenvalue weighted by atomic mass is 9.95. The Bertz CT molecular complexity index is 752. The summed E-state index contributed by atoms with van der Waals surface area (Å²) < 4.78 is 5.88. The van der Waals surface area contributed by atoms with Crippen LogP contribution in [-0.4, -0.2) is 34.9 Å². The SMILES string of the molecule is NC1CCC(C(=O)N2CCC(c3nc4cc(Cl)ccc4o3)CC2)C1. The summed E-state index contributed by atoms with van der Waals surface area (Å²) in [6, 6.07) is 5.69. The van der Waals surface area contributed by atoms with Gasteiger partial charge in [0.15, 0.2) is 11.5 Å². The Balaban J connectivity index is 1.40. The zero-order valence-electron chi connectivity index (χ0n) is 13.6. The third-order valence-electron chi connectivity index (χ3n) is 5.34. The Morgan fingerprint density at radius 1 is 1.25 bits per heavy atom. The molecule has 2 atom stereocenters. The van der Waals surface area contributed by atoms with Gasteiger partial charge in [-0.2, -0.15) is 0 Å². The summed E-state index contributed by atoms with van der Waals surface area (Å²) in [5, 5.41) is 0.664. The van der Waals surface area contributed by atoms with E-state index in [1.807, 2.05) is 23.1 Å². The van der Waals surface area contributed by atoms with Gasteiger partial charge in [-0.05, 0) is 50.3 Å². The summed E-state index contributed by atoms with van der Waals surface area (Å²) in [5.74, 6) is 1.45. The number of hydrogen-bond acceptors (Lipinski definition) is 4. The maximum atomic E-state index is 12.6. The molecule has 2 heterocycles. The first-order chi connectivity index (χ1) is 11.6. The number of benzene rings is 1. The number of aromatic nitrogens is 1. The monoisotopic (exact) mass is 347 g/mol.